The zero-order chi connectivity index (χ0) is 20.5. The smallest absolute Gasteiger partial charge is 0.328 e. The number of aromatic nitrogens is 2. The molecule has 8 heteroatoms. The maximum absolute atomic E-state index is 13.0. The molecule has 3 aliphatic heterocycles. The number of hydrogen-bond donors (Lipinski definition) is 1. The van der Waals surface area contributed by atoms with E-state index in [1.807, 2.05) is 35.2 Å². The number of piperidine rings is 1. The van der Waals surface area contributed by atoms with Crippen molar-refractivity contribution in [2.24, 2.45) is 13.0 Å². The number of hydrogen-bond acceptors (Lipinski definition) is 4. The zero-order valence-electron chi connectivity index (χ0n) is 16.3. The number of nitrogens with one attached hydrogen (secondary N) is 1. The molecule has 3 aliphatic rings. The Bertz CT molecular complexity index is 1040. The van der Waals surface area contributed by atoms with E-state index in [0.717, 1.165) is 23.0 Å². The Morgan fingerprint density at radius 1 is 1.10 bits per heavy atom. The number of nitrogens with zero attached hydrogens (tertiary/aromatic N) is 3. The summed E-state index contributed by atoms with van der Waals surface area (Å²) in [6, 6.07) is 9.83. The molecule has 0 spiro atoms. The summed E-state index contributed by atoms with van der Waals surface area (Å²) in [5.74, 6) is -0.305. The number of H-pyrrole nitrogens is 1. The van der Waals surface area contributed by atoms with Gasteiger partial charge in [-0.15, -0.1) is 0 Å². The van der Waals surface area contributed by atoms with Gasteiger partial charge in [-0.1, -0.05) is 30.3 Å². The van der Waals surface area contributed by atoms with Crippen LogP contribution in [0.25, 0.3) is 0 Å². The molecule has 5 rings (SSSR count). The van der Waals surface area contributed by atoms with E-state index in [4.69, 9.17) is 0 Å². The quantitative estimate of drug-likeness (QED) is 0.802. The van der Waals surface area contributed by atoms with Gasteiger partial charge in [-0.05, 0) is 18.4 Å². The number of amides is 2. The molecule has 0 radical (unpaired) electrons. The van der Waals surface area contributed by atoms with Crippen LogP contribution in [0.2, 0.25) is 0 Å². The predicted octanol–water partition coefficient (Wildman–Crippen LogP) is 0.266. The van der Waals surface area contributed by atoms with Crippen molar-refractivity contribution in [2.75, 3.05) is 13.1 Å². The summed E-state index contributed by atoms with van der Waals surface area (Å²) in [7, 11) is 1.38. The SMILES string of the molecule is Cn1c(=O)[nH]cc(CC(=O)N2C[C@@H]3CC[C@H](C2)N(Cc2ccccc2)C3=O)c1=O. The lowest BCUT2D eigenvalue weighted by Crippen LogP contribution is -2.47. The van der Waals surface area contributed by atoms with Crippen LogP contribution in [0.15, 0.2) is 46.1 Å². The number of carbonyl (C=O) groups is 2. The third kappa shape index (κ3) is 3.74. The third-order valence-corrected chi connectivity index (χ3v) is 5.94. The monoisotopic (exact) mass is 396 g/mol. The first kappa shape index (κ1) is 19.2. The van der Waals surface area contributed by atoms with E-state index in [2.05, 4.69) is 4.98 Å². The van der Waals surface area contributed by atoms with Crippen LogP contribution in [-0.2, 0) is 29.6 Å². The summed E-state index contributed by atoms with van der Waals surface area (Å²) < 4.78 is 0.958. The van der Waals surface area contributed by atoms with Gasteiger partial charge in [0.15, 0.2) is 0 Å². The van der Waals surface area contributed by atoms with Crippen LogP contribution in [0.5, 0.6) is 0 Å². The summed E-state index contributed by atoms with van der Waals surface area (Å²) in [6.07, 6.45) is 2.87. The number of aromatic amines is 1. The summed E-state index contributed by atoms with van der Waals surface area (Å²) in [6.45, 7) is 1.39. The highest BCUT2D eigenvalue weighted by atomic mass is 16.2. The Labute approximate surface area is 167 Å². The molecule has 0 saturated carbocycles. The van der Waals surface area contributed by atoms with E-state index in [-0.39, 0.29) is 35.8 Å². The average Bonchev–Trinajstić information content (AvgIpc) is 3.02. The van der Waals surface area contributed by atoms with Crippen molar-refractivity contribution in [3.63, 3.8) is 0 Å². The molecule has 0 unspecified atom stereocenters. The molecule has 2 atom stereocenters. The Morgan fingerprint density at radius 2 is 1.86 bits per heavy atom. The predicted molar refractivity (Wildman–Crippen MR) is 106 cm³/mol. The second-order valence-corrected chi connectivity index (χ2v) is 7.84. The van der Waals surface area contributed by atoms with Gasteiger partial charge >= 0.3 is 5.69 Å². The average molecular weight is 396 g/mol. The van der Waals surface area contributed by atoms with Gasteiger partial charge in [0.05, 0.1) is 12.3 Å². The number of fused-ring (bicyclic) bond motifs is 4. The third-order valence-electron chi connectivity index (χ3n) is 5.94. The first-order chi connectivity index (χ1) is 13.9. The van der Waals surface area contributed by atoms with E-state index in [0.29, 0.717) is 19.6 Å². The fraction of sp³-hybridized carbons (Fsp3) is 0.429. The zero-order valence-corrected chi connectivity index (χ0v) is 16.3. The first-order valence-corrected chi connectivity index (χ1v) is 9.84. The van der Waals surface area contributed by atoms with Crippen molar-refractivity contribution >= 4 is 11.8 Å². The molecule has 1 N–H and O–H groups in total. The van der Waals surface area contributed by atoms with Gasteiger partial charge in [0.1, 0.15) is 0 Å². The molecule has 1 aromatic carbocycles. The highest BCUT2D eigenvalue weighted by Crippen LogP contribution is 2.30. The number of benzene rings is 1. The Kier molecular flexibility index (Phi) is 5.08. The summed E-state index contributed by atoms with van der Waals surface area (Å²) in [4.78, 5) is 55.7. The maximum atomic E-state index is 13.0. The minimum absolute atomic E-state index is 0.0242. The van der Waals surface area contributed by atoms with E-state index < -0.39 is 11.2 Å². The Morgan fingerprint density at radius 3 is 2.62 bits per heavy atom. The first-order valence-electron chi connectivity index (χ1n) is 9.84. The minimum atomic E-state index is -0.513. The summed E-state index contributed by atoms with van der Waals surface area (Å²) >= 11 is 0. The van der Waals surface area contributed by atoms with Crippen LogP contribution in [0.4, 0.5) is 0 Å². The number of carbonyl (C=O) groups excluding carboxylic acids is 2. The Hall–Kier alpha value is -3.16. The molecule has 8 nitrogen and oxygen atoms in total. The van der Waals surface area contributed by atoms with Gasteiger partial charge in [-0.3, -0.25) is 19.0 Å². The van der Waals surface area contributed by atoms with E-state index in [1.54, 1.807) is 4.90 Å². The fourth-order valence-corrected chi connectivity index (χ4v) is 4.25. The van der Waals surface area contributed by atoms with Gasteiger partial charge in [0.25, 0.3) is 5.56 Å². The molecule has 1 aromatic heterocycles. The van der Waals surface area contributed by atoms with E-state index in [1.165, 1.54) is 13.2 Å². The molecular weight excluding hydrogens is 372 g/mol. The van der Waals surface area contributed by atoms with Crippen LogP contribution in [0.3, 0.4) is 0 Å². The summed E-state index contributed by atoms with van der Waals surface area (Å²) in [5, 5.41) is 0. The van der Waals surface area contributed by atoms with Crippen molar-refractivity contribution in [1.82, 2.24) is 19.4 Å². The van der Waals surface area contributed by atoms with Crippen molar-refractivity contribution in [1.29, 1.82) is 0 Å². The molecule has 29 heavy (non-hydrogen) atoms. The van der Waals surface area contributed by atoms with Crippen LogP contribution in [0.1, 0.15) is 24.0 Å². The van der Waals surface area contributed by atoms with Crippen LogP contribution in [-0.4, -0.2) is 50.3 Å². The maximum Gasteiger partial charge on any atom is 0.328 e. The topological polar surface area (TPSA) is 95.5 Å². The minimum Gasteiger partial charge on any atom is -0.340 e. The fourth-order valence-electron chi connectivity index (χ4n) is 4.25. The van der Waals surface area contributed by atoms with Gasteiger partial charge in [-0.25, -0.2) is 4.79 Å². The largest absolute Gasteiger partial charge is 0.340 e. The number of rotatable bonds is 4. The molecule has 2 aromatic rings. The van der Waals surface area contributed by atoms with Crippen molar-refractivity contribution in [3.05, 3.63) is 68.5 Å². The van der Waals surface area contributed by atoms with Crippen molar-refractivity contribution < 1.29 is 9.59 Å². The molecule has 3 saturated heterocycles. The lowest BCUT2D eigenvalue weighted by Gasteiger charge is -2.36. The van der Waals surface area contributed by atoms with Crippen LogP contribution < -0.4 is 11.2 Å². The molecule has 4 heterocycles. The summed E-state index contributed by atoms with van der Waals surface area (Å²) in [5.41, 5.74) is 0.340. The van der Waals surface area contributed by atoms with E-state index >= 15 is 0 Å². The standard InChI is InChI=1S/C21H24N4O4/c1-23-19(27)16(10-22-21(23)29)9-18(26)24-12-15-7-8-17(13-24)25(20(15)28)11-14-5-3-2-4-6-14/h2-6,10,15,17H,7-9,11-13H2,1H3,(H,22,29)/t15-,17+/m0/s1. The molecule has 3 fully saturated rings. The van der Waals surface area contributed by atoms with Gasteiger partial charge in [0, 0.05) is 44.5 Å². The van der Waals surface area contributed by atoms with Crippen LogP contribution >= 0.6 is 0 Å². The highest BCUT2D eigenvalue weighted by Gasteiger charge is 2.41. The van der Waals surface area contributed by atoms with Gasteiger partial charge in [-0.2, -0.15) is 0 Å². The van der Waals surface area contributed by atoms with Crippen molar-refractivity contribution in [2.45, 2.75) is 31.8 Å². The lowest BCUT2D eigenvalue weighted by atomic mass is 9.93. The second kappa shape index (κ2) is 7.69. The normalized spacial score (nSPS) is 21.3. The molecule has 0 aliphatic carbocycles. The Balaban J connectivity index is 1.51. The van der Waals surface area contributed by atoms with Gasteiger partial charge in [0.2, 0.25) is 11.8 Å². The van der Waals surface area contributed by atoms with Gasteiger partial charge < -0.3 is 14.8 Å². The highest BCUT2D eigenvalue weighted by molar-refractivity contribution is 5.84. The lowest BCUT2D eigenvalue weighted by molar-refractivity contribution is -0.140. The molecular formula is C21H24N4O4. The molecule has 2 bridgehead atoms. The van der Waals surface area contributed by atoms with Crippen molar-refractivity contribution in [3.8, 4) is 0 Å². The van der Waals surface area contributed by atoms with Crippen LogP contribution in [0, 0.1) is 5.92 Å². The molecule has 152 valence electrons. The molecule has 2 amide bonds. The van der Waals surface area contributed by atoms with E-state index in [9.17, 15) is 19.2 Å². The second-order valence-electron chi connectivity index (χ2n) is 7.84.